The van der Waals surface area contributed by atoms with E-state index in [-0.39, 0.29) is 18.9 Å². The molecular formula is C85H159NO13. The number of amides is 1. The molecule has 0 bridgehead atoms. The quantitative estimate of drug-likeness (QED) is 0.0204. The van der Waals surface area contributed by atoms with Gasteiger partial charge >= 0.3 is 0 Å². The summed E-state index contributed by atoms with van der Waals surface area (Å²) in [6.07, 6.45) is 76.4. The molecule has 0 spiro atoms. The van der Waals surface area contributed by atoms with E-state index in [1.54, 1.807) is 6.08 Å². The van der Waals surface area contributed by atoms with Crippen molar-refractivity contribution >= 4 is 5.91 Å². The van der Waals surface area contributed by atoms with Crippen LogP contribution in [0.1, 0.15) is 393 Å². The van der Waals surface area contributed by atoms with Crippen LogP contribution in [0.5, 0.6) is 0 Å². The summed E-state index contributed by atoms with van der Waals surface area (Å²) in [6, 6.07) is -0.915. The second-order valence-electron chi connectivity index (χ2n) is 30.0. The number of aliphatic hydroxyl groups excluding tert-OH is 8. The largest absolute Gasteiger partial charge is 0.394 e. The van der Waals surface area contributed by atoms with Gasteiger partial charge in [-0.2, -0.15) is 0 Å². The lowest BCUT2D eigenvalue weighted by Gasteiger charge is -2.46. The number of carbonyl (C=O) groups is 1. The molecule has 1 amide bonds. The van der Waals surface area contributed by atoms with Gasteiger partial charge in [0.25, 0.3) is 0 Å². The van der Waals surface area contributed by atoms with E-state index < -0.39 is 86.8 Å². The highest BCUT2D eigenvalue weighted by Crippen LogP contribution is 2.30. The maximum atomic E-state index is 13.4. The number of unbranched alkanes of at least 4 members (excludes halogenated alkanes) is 53. The van der Waals surface area contributed by atoms with Crippen molar-refractivity contribution in [3.8, 4) is 0 Å². The van der Waals surface area contributed by atoms with E-state index in [1.807, 2.05) is 6.08 Å². The molecule has 9 N–H and O–H groups in total. The number of ether oxygens (including phenoxy) is 4. The minimum atomic E-state index is -1.79. The van der Waals surface area contributed by atoms with Gasteiger partial charge in [0.1, 0.15) is 48.8 Å². The van der Waals surface area contributed by atoms with Crippen LogP contribution in [-0.4, -0.2) is 140 Å². The van der Waals surface area contributed by atoms with Crippen molar-refractivity contribution in [2.75, 3.05) is 19.8 Å². The summed E-state index contributed by atoms with van der Waals surface area (Å²) in [5, 5.41) is 87.7. The Labute approximate surface area is 607 Å². The minimum Gasteiger partial charge on any atom is -0.394 e. The van der Waals surface area contributed by atoms with Crippen LogP contribution in [-0.2, 0) is 23.7 Å². The maximum Gasteiger partial charge on any atom is 0.220 e. The normalized spacial score (nSPS) is 22.1. The van der Waals surface area contributed by atoms with E-state index >= 15 is 0 Å². The van der Waals surface area contributed by atoms with Crippen LogP contribution in [0.2, 0.25) is 0 Å². The average Bonchev–Trinajstić information content (AvgIpc) is 0.799. The standard InChI is InChI=1S/C85H159NO13/c1-3-5-7-9-11-13-15-17-19-21-23-25-27-29-30-31-32-33-34-35-36-37-38-39-40-41-42-43-44-45-47-49-51-53-55-57-59-61-63-65-67-69-77(90)86-73(72-96-84-82(95)80(93)83(76(71-88)98-84)99-85-81(94)79(92)78(91)75(70-87)97-85)74(89)68-66-64-62-60-58-56-54-52-50-48-46-28-26-24-22-20-18-16-14-12-10-8-6-4-2/h15,17,21,23,27,29,66,68,73-76,78-85,87-89,91-95H,3-14,16,18-20,22,24-26,28,30-65,67,69-72H2,1-2H3,(H,86,90)/b17-15-,23-21-,29-27-,68-66+. The molecule has 14 heteroatoms. The van der Waals surface area contributed by atoms with E-state index in [4.69, 9.17) is 18.9 Å². The van der Waals surface area contributed by atoms with Gasteiger partial charge in [-0.1, -0.05) is 377 Å². The molecule has 0 saturated carbocycles. The van der Waals surface area contributed by atoms with Crippen molar-refractivity contribution in [1.29, 1.82) is 0 Å². The Kier molecular flexibility index (Phi) is 64.9. The summed E-state index contributed by atoms with van der Waals surface area (Å²) in [5.74, 6) is -0.231. The number of allylic oxidation sites excluding steroid dienone is 7. The van der Waals surface area contributed by atoms with Crippen LogP contribution in [0.3, 0.4) is 0 Å². The third kappa shape index (κ3) is 51.7. The van der Waals surface area contributed by atoms with Gasteiger partial charge in [0.15, 0.2) is 12.6 Å². The first-order chi connectivity index (χ1) is 48.6. The topological polar surface area (TPSA) is 228 Å². The van der Waals surface area contributed by atoms with Crippen LogP contribution >= 0.6 is 0 Å². The van der Waals surface area contributed by atoms with Crippen molar-refractivity contribution < 1.29 is 64.6 Å². The van der Waals surface area contributed by atoms with Gasteiger partial charge in [-0.25, -0.2) is 0 Å². The second-order valence-corrected chi connectivity index (χ2v) is 30.0. The number of nitrogens with one attached hydrogen (secondary N) is 1. The predicted molar refractivity (Wildman–Crippen MR) is 411 cm³/mol. The predicted octanol–water partition coefficient (Wildman–Crippen LogP) is 19.8. The summed E-state index contributed by atoms with van der Waals surface area (Å²) in [5.41, 5.74) is 0. The summed E-state index contributed by atoms with van der Waals surface area (Å²) in [4.78, 5) is 13.4. The van der Waals surface area contributed by atoms with Gasteiger partial charge in [-0.05, 0) is 57.8 Å². The van der Waals surface area contributed by atoms with E-state index in [9.17, 15) is 45.6 Å². The van der Waals surface area contributed by atoms with Crippen molar-refractivity contribution in [2.24, 2.45) is 0 Å². The van der Waals surface area contributed by atoms with E-state index in [0.717, 1.165) is 51.4 Å². The van der Waals surface area contributed by atoms with Crippen LogP contribution in [0, 0.1) is 0 Å². The van der Waals surface area contributed by atoms with Gasteiger partial charge in [0, 0.05) is 6.42 Å². The van der Waals surface area contributed by atoms with Gasteiger partial charge in [0.05, 0.1) is 32.0 Å². The second kappa shape index (κ2) is 69.0. The van der Waals surface area contributed by atoms with Crippen molar-refractivity contribution in [1.82, 2.24) is 5.32 Å². The molecule has 2 aliphatic rings. The number of carbonyl (C=O) groups excluding carboxylic acids is 1. The minimum absolute atomic E-state index is 0.231. The average molecular weight is 1400 g/mol. The molecule has 0 aliphatic carbocycles. The van der Waals surface area contributed by atoms with Crippen molar-refractivity contribution in [2.45, 2.75) is 466 Å². The molecular weight excluding hydrogens is 1240 g/mol. The van der Waals surface area contributed by atoms with Crippen LogP contribution in [0.25, 0.3) is 0 Å². The fraction of sp³-hybridized carbons (Fsp3) is 0.894. The van der Waals surface area contributed by atoms with Gasteiger partial charge in [-0.3, -0.25) is 4.79 Å². The lowest BCUT2D eigenvalue weighted by atomic mass is 9.97. The first kappa shape index (κ1) is 93.0. The third-order valence-corrected chi connectivity index (χ3v) is 20.8. The Hall–Kier alpha value is -2.05. The Morgan fingerprint density at radius 2 is 0.667 bits per heavy atom. The maximum absolute atomic E-state index is 13.4. The summed E-state index contributed by atoms with van der Waals surface area (Å²) >= 11 is 0. The zero-order valence-electron chi connectivity index (χ0n) is 64.0. The summed E-state index contributed by atoms with van der Waals surface area (Å²) < 4.78 is 22.9. The third-order valence-electron chi connectivity index (χ3n) is 20.8. The highest BCUT2D eigenvalue weighted by molar-refractivity contribution is 5.76. The zero-order valence-corrected chi connectivity index (χ0v) is 64.0. The molecule has 0 radical (unpaired) electrons. The molecule has 2 heterocycles. The van der Waals surface area contributed by atoms with Crippen LogP contribution in [0.4, 0.5) is 0 Å². The SMILES string of the molecule is CCCCCCC/C=C\C/C=C\C/C=C\CCCCCCCCCCCCCCCCCCCCCCCCCCCCC(=O)NC(COC1OC(CO)C(OC2OC(CO)C(O)C(O)C2O)C(O)C1O)C(O)/C=C/CCCCCCCCCCCCCCCCCCCCCCCC. The Morgan fingerprint density at radius 3 is 1.02 bits per heavy atom. The molecule has 99 heavy (non-hydrogen) atoms. The highest BCUT2D eigenvalue weighted by atomic mass is 16.7. The van der Waals surface area contributed by atoms with Crippen molar-refractivity contribution in [3.05, 3.63) is 48.6 Å². The zero-order chi connectivity index (χ0) is 71.5. The number of aliphatic hydroxyl groups is 8. The van der Waals surface area contributed by atoms with Gasteiger partial charge in [-0.15, -0.1) is 0 Å². The molecule has 582 valence electrons. The fourth-order valence-corrected chi connectivity index (χ4v) is 14.1. The van der Waals surface area contributed by atoms with Crippen LogP contribution in [0.15, 0.2) is 48.6 Å². The summed E-state index contributed by atoms with van der Waals surface area (Å²) in [7, 11) is 0. The fourth-order valence-electron chi connectivity index (χ4n) is 14.1. The smallest absolute Gasteiger partial charge is 0.220 e. The lowest BCUT2D eigenvalue weighted by molar-refractivity contribution is -0.359. The highest BCUT2D eigenvalue weighted by Gasteiger charge is 2.51. The first-order valence-corrected chi connectivity index (χ1v) is 42.4. The lowest BCUT2D eigenvalue weighted by Crippen LogP contribution is -2.65. The molecule has 2 aliphatic heterocycles. The monoisotopic (exact) mass is 1400 g/mol. The Morgan fingerprint density at radius 1 is 0.364 bits per heavy atom. The Bertz CT molecular complexity index is 1850. The van der Waals surface area contributed by atoms with Crippen molar-refractivity contribution in [3.63, 3.8) is 0 Å². The van der Waals surface area contributed by atoms with E-state index in [0.29, 0.717) is 6.42 Å². The number of hydrogen-bond acceptors (Lipinski definition) is 13. The molecule has 2 saturated heterocycles. The number of rotatable bonds is 72. The van der Waals surface area contributed by atoms with E-state index in [1.165, 1.54) is 315 Å². The Balaban J connectivity index is 1.56. The first-order valence-electron chi connectivity index (χ1n) is 42.4. The van der Waals surface area contributed by atoms with Gasteiger partial charge < -0.3 is 65.1 Å². The molecule has 2 rings (SSSR count). The molecule has 0 aromatic rings. The van der Waals surface area contributed by atoms with E-state index in [2.05, 4.69) is 55.6 Å². The molecule has 12 unspecified atom stereocenters. The molecule has 0 aromatic carbocycles. The molecule has 14 nitrogen and oxygen atoms in total. The molecule has 12 atom stereocenters. The van der Waals surface area contributed by atoms with Gasteiger partial charge in [0.2, 0.25) is 5.91 Å². The summed E-state index contributed by atoms with van der Waals surface area (Å²) in [6.45, 7) is 2.85. The number of hydrogen-bond donors (Lipinski definition) is 9. The van der Waals surface area contributed by atoms with Crippen LogP contribution < -0.4 is 5.32 Å². The molecule has 2 fully saturated rings. The molecule has 0 aromatic heterocycles.